The standard InChI is InChI=1S/C16H25NS/c1-18-16-12-8-7-11-15(16)17-13-14-9-5-3-2-4-6-10-14/h7-8,11-12,14,17H,2-6,9-10,13H2,1H3. The van der Waals surface area contributed by atoms with Crippen LogP contribution in [0.15, 0.2) is 29.2 Å². The van der Waals surface area contributed by atoms with Gasteiger partial charge in [0.2, 0.25) is 0 Å². The van der Waals surface area contributed by atoms with E-state index in [1.165, 1.54) is 55.5 Å². The summed E-state index contributed by atoms with van der Waals surface area (Å²) in [5.74, 6) is 0.875. The minimum atomic E-state index is 0.875. The highest BCUT2D eigenvalue weighted by atomic mass is 32.2. The second-order valence-corrected chi connectivity index (χ2v) is 6.14. The summed E-state index contributed by atoms with van der Waals surface area (Å²) in [7, 11) is 0. The molecule has 1 fully saturated rings. The van der Waals surface area contributed by atoms with Crippen LogP contribution >= 0.6 is 11.8 Å². The molecule has 1 aliphatic carbocycles. The monoisotopic (exact) mass is 263 g/mol. The van der Waals surface area contributed by atoms with Crippen LogP contribution in [-0.4, -0.2) is 12.8 Å². The Bertz CT molecular complexity index is 343. The van der Waals surface area contributed by atoms with Crippen LogP contribution in [-0.2, 0) is 0 Å². The molecule has 0 radical (unpaired) electrons. The molecule has 0 spiro atoms. The average Bonchev–Trinajstić information content (AvgIpc) is 2.38. The third-order valence-corrected chi connectivity index (χ3v) is 4.71. The Morgan fingerprint density at radius 3 is 2.44 bits per heavy atom. The number of thioether (sulfide) groups is 1. The zero-order valence-corrected chi connectivity index (χ0v) is 12.3. The topological polar surface area (TPSA) is 12.0 Å². The normalized spacial score (nSPS) is 18.1. The van der Waals surface area contributed by atoms with E-state index in [4.69, 9.17) is 0 Å². The Kier molecular flexibility index (Phi) is 5.92. The van der Waals surface area contributed by atoms with Crippen LogP contribution in [0.5, 0.6) is 0 Å². The van der Waals surface area contributed by atoms with E-state index in [0.717, 1.165) is 12.5 Å². The lowest BCUT2D eigenvalue weighted by Gasteiger charge is -2.21. The lowest BCUT2D eigenvalue weighted by molar-refractivity contribution is 0.392. The van der Waals surface area contributed by atoms with E-state index in [0.29, 0.717) is 0 Å². The first-order valence-corrected chi connectivity index (χ1v) is 8.49. The van der Waals surface area contributed by atoms with Crippen LogP contribution in [0.1, 0.15) is 44.9 Å². The van der Waals surface area contributed by atoms with Crippen molar-refractivity contribution in [3.8, 4) is 0 Å². The smallest absolute Gasteiger partial charge is 0.0478 e. The quantitative estimate of drug-likeness (QED) is 0.751. The maximum atomic E-state index is 3.66. The number of hydrogen-bond donors (Lipinski definition) is 1. The highest BCUT2D eigenvalue weighted by Gasteiger charge is 2.11. The van der Waals surface area contributed by atoms with Crippen molar-refractivity contribution >= 4 is 17.4 Å². The van der Waals surface area contributed by atoms with Crippen molar-refractivity contribution in [2.24, 2.45) is 5.92 Å². The molecular formula is C16H25NS. The first-order chi connectivity index (χ1) is 8.90. The molecule has 1 N–H and O–H groups in total. The maximum Gasteiger partial charge on any atom is 0.0478 e. The Hall–Kier alpha value is -0.630. The zero-order valence-electron chi connectivity index (χ0n) is 11.5. The van der Waals surface area contributed by atoms with Gasteiger partial charge in [0.15, 0.2) is 0 Å². The van der Waals surface area contributed by atoms with Gasteiger partial charge in [0.1, 0.15) is 0 Å². The first kappa shape index (κ1) is 13.8. The summed E-state index contributed by atoms with van der Waals surface area (Å²) in [6.45, 7) is 1.15. The summed E-state index contributed by atoms with van der Waals surface area (Å²) in [4.78, 5) is 1.36. The molecule has 2 heteroatoms. The van der Waals surface area contributed by atoms with Gasteiger partial charge in [-0.1, -0.05) is 44.2 Å². The van der Waals surface area contributed by atoms with Crippen molar-refractivity contribution in [2.45, 2.75) is 49.8 Å². The fraction of sp³-hybridized carbons (Fsp3) is 0.625. The molecule has 0 aliphatic heterocycles. The van der Waals surface area contributed by atoms with Gasteiger partial charge in [-0.15, -0.1) is 11.8 Å². The molecule has 1 saturated carbocycles. The molecule has 2 rings (SSSR count). The molecule has 0 aromatic heterocycles. The number of nitrogens with one attached hydrogen (secondary N) is 1. The van der Waals surface area contributed by atoms with E-state index in [9.17, 15) is 0 Å². The second-order valence-electron chi connectivity index (χ2n) is 5.29. The Morgan fingerprint density at radius 2 is 1.72 bits per heavy atom. The van der Waals surface area contributed by atoms with Gasteiger partial charge in [-0.05, 0) is 37.1 Å². The molecule has 0 unspecified atom stereocenters. The van der Waals surface area contributed by atoms with E-state index in [1.807, 2.05) is 11.8 Å². The Morgan fingerprint density at radius 1 is 1.06 bits per heavy atom. The molecule has 1 aromatic carbocycles. The van der Waals surface area contributed by atoms with Gasteiger partial charge in [-0.3, -0.25) is 0 Å². The van der Waals surface area contributed by atoms with Crippen molar-refractivity contribution in [1.82, 2.24) is 0 Å². The maximum absolute atomic E-state index is 3.66. The summed E-state index contributed by atoms with van der Waals surface area (Å²) >= 11 is 1.83. The predicted octanol–water partition coefficient (Wildman–Crippen LogP) is 5.18. The van der Waals surface area contributed by atoms with Crippen molar-refractivity contribution < 1.29 is 0 Å². The molecule has 0 bridgehead atoms. The molecule has 1 nitrogen and oxygen atoms in total. The van der Waals surface area contributed by atoms with Crippen molar-refractivity contribution in [3.05, 3.63) is 24.3 Å². The second kappa shape index (κ2) is 7.73. The molecule has 0 saturated heterocycles. The van der Waals surface area contributed by atoms with Crippen LogP contribution in [0.3, 0.4) is 0 Å². The number of benzene rings is 1. The first-order valence-electron chi connectivity index (χ1n) is 7.27. The number of para-hydroxylation sites is 1. The Balaban J connectivity index is 1.85. The lowest BCUT2D eigenvalue weighted by atomic mass is 9.91. The third kappa shape index (κ3) is 4.24. The molecule has 0 heterocycles. The van der Waals surface area contributed by atoms with Crippen LogP contribution in [0.4, 0.5) is 5.69 Å². The highest BCUT2D eigenvalue weighted by molar-refractivity contribution is 7.98. The minimum Gasteiger partial charge on any atom is -0.384 e. The van der Waals surface area contributed by atoms with Crippen LogP contribution in [0, 0.1) is 5.92 Å². The molecule has 0 amide bonds. The van der Waals surface area contributed by atoms with Gasteiger partial charge in [-0.25, -0.2) is 0 Å². The molecule has 1 aliphatic rings. The van der Waals surface area contributed by atoms with Gasteiger partial charge in [0.05, 0.1) is 0 Å². The minimum absolute atomic E-state index is 0.875. The van der Waals surface area contributed by atoms with E-state index >= 15 is 0 Å². The SMILES string of the molecule is CSc1ccccc1NCC1CCCCCCC1. The fourth-order valence-corrected chi connectivity index (χ4v) is 3.36. The summed E-state index contributed by atoms with van der Waals surface area (Å²) in [5, 5.41) is 3.66. The largest absolute Gasteiger partial charge is 0.384 e. The highest BCUT2D eigenvalue weighted by Crippen LogP contribution is 2.27. The lowest BCUT2D eigenvalue weighted by Crippen LogP contribution is -2.16. The number of hydrogen-bond acceptors (Lipinski definition) is 2. The van der Waals surface area contributed by atoms with Gasteiger partial charge in [0.25, 0.3) is 0 Å². The summed E-state index contributed by atoms with van der Waals surface area (Å²) in [6.07, 6.45) is 12.2. The molecule has 100 valence electrons. The van der Waals surface area contributed by atoms with Crippen LogP contribution in [0.25, 0.3) is 0 Å². The van der Waals surface area contributed by atoms with Crippen LogP contribution < -0.4 is 5.32 Å². The fourth-order valence-electron chi connectivity index (χ4n) is 2.79. The van der Waals surface area contributed by atoms with Gasteiger partial charge >= 0.3 is 0 Å². The summed E-state index contributed by atoms with van der Waals surface area (Å²) in [5.41, 5.74) is 1.31. The number of rotatable bonds is 4. The predicted molar refractivity (Wildman–Crippen MR) is 82.5 cm³/mol. The van der Waals surface area contributed by atoms with Crippen molar-refractivity contribution in [2.75, 3.05) is 18.1 Å². The molecule has 0 atom stereocenters. The van der Waals surface area contributed by atoms with Gasteiger partial charge in [-0.2, -0.15) is 0 Å². The Labute approximate surface area is 116 Å². The van der Waals surface area contributed by atoms with E-state index in [-0.39, 0.29) is 0 Å². The van der Waals surface area contributed by atoms with Crippen molar-refractivity contribution in [3.63, 3.8) is 0 Å². The van der Waals surface area contributed by atoms with Gasteiger partial charge < -0.3 is 5.32 Å². The van der Waals surface area contributed by atoms with E-state index in [2.05, 4.69) is 35.8 Å². The van der Waals surface area contributed by atoms with Crippen LogP contribution in [0.2, 0.25) is 0 Å². The summed E-state index contributed by atoms with van der Waals surface area (Å²) < 4.78 is 0. The molecular weight excluding hydrogens is 238 g/mol. The summed E-state index contributed by atoms with van der Waals surface area (Å²) in [6, 6.07) is 8.65. The third-order valence-electron chi connectivity index (χ3n) is 3.91. The van der Waals surface area contributed by atoms with Gasteiger partial charge in [0, 0.05) is 17.1 Å². The zero-order chi connectivity index (χ0) is 12.6. The average molecular weight is 263 g/mol. The number of anilines is 1. The molecule has 1 aromatic rings. The molecule has 18 heavy (non-hydrogen) atoms. The van der Waals surface area contributed by atoms with Crippen molar-refractivity contribution in [1.29, 1.82) is 0 Å². The van der Waals surface area contributed by atoms with E-state index < -0.39 is 0 Å². The van der Waals surface area contributed by atoms with E-state index in [1.54, 1.807) is 0 Å².